The van der Waals surface area contributed by atoms with Gasteiger partial charge in [-0.15, -0.1) is 0 Å². The van der Waals surface area contributed by atoms with E-state index in [4.69, 9.17) is 14.2 Å². The normalized spacial score (nSPS) is 13.2. The topological polar surface area (TPSA) is 78.9 Å². The Kier molecular flexibility index (Phi) is 50.6. The lowest BCUT2D eigenvalue weighted by molar-refractivity contribution is -0.167. The molecule has 0 rings (SSSR count). The summed E-state index contributed by atoms with van der Waals surface area (Å²) in [6, 6.07) is 0. The van der Waals surface area contributed by atoms with Crippen molar-refractivity contribution in [1.29, 1.82) is 0 Å². The molecule has 6 nitrogen and oxygen atoms in total. The molecule has 0 bridgehead atoms. The van der Waals surface area contributed by atoms with E-state index < -0.39 is 6.10 Å². The Morgan fingerprint density at radius 1 is 0.313 bits per heavy atom. The van der Waals surface area contributed by atoms with Gasteiger partial charge in [0.25, 0.3) is 0 Å². The lowest BCUT2D eigenvalue weighted by atomic mass is 10.1. The molecule has 0 heterocycles. The van der Waals surface area contributed by atoms with Gasteiger partial charge in [0, 0.05) is 19.3 Å². The van der Waals surface area contributed by atoms with Crippen LogP contribution in [-0.2, 0) is 28.6 Å². The van der Waals surface area contributed by atoms with Crippen LogP contribution in [0.1, 0.15) is 213 Å². The van der Waals surface area contributed by atoms with Crippen LogP contribution in [0.3, 0.4) is 0 Å². The molecule has 0 aromatic carbocycles. The lowest BCUT2D eigenvalue weighted by Gasteiger charge is -2.18. The molecular weight excluding hydrogens is 829 g/mol. The van der Waals surface area contributed by atoms with Crippen LogP contribution in [-0.4, -0.2) is 37.2 Å². The maximum Gasteiger partial charge on any atom is 0.306 e. The van der Waals surface area contributed by atoms with Crippen LogP contribution < -0.4 is 0 Å². The monoisotopic (exact) mass is 925 g/mol. The molecule has 0 aromatic heterocycles. The Morgan fingerprint density at radius 2 is 0.582 bits per heavy atom. The number of allylic oxidation sites excluding steroid dienone is 22. The van der Waals surface area contributed by atoms with E-state index in [1.165, 1.54) is 77.0 Å². The van der Waals surface area contributed by atoms with Gasteiger partial charge in [-0.3, -0.25) is 14.4 Å². The number of carbonyl (C=O) groups excluding carboxylic acids is 3. The third-order valence-electron chi connectivity index (χ3n) is 10.9. The van der Waals surface area contributed by atoms with E-state index in [-0.39, 0.29) is 37.5 Å². The maximum absolute atomic E-state index is 12.8. The Hall–Kier alpha value is -4.45. The minimum atomic E-state index is -0.816. The molecule has 376 valence electrons. The van der Waals surface area contributed by atoms with Crippen molar-refractivity contribution in [2.45, 2.75) is 219 Å². The van der Waals surface area contributed by atoms with Gasteiger partial charge in [0.15, 0.2) is 6.10 Å². The van der Waals surface area contributed by atoms with Crippen molar-refractivity contribution >= 4 is 17.9 Å². The minimum absolute atomic E-state index is 0.110. The summed E-state index contributed by atoms with van der Waals surface area (Å²) in [5, 5.41) is 0. The molecule has 67 heavy (non-hydrogen) atoms. The fourth-order valence-corrected chi connectivity index (χ4v) is 6.88. The van der Waals surface area contributed by atoms with Crippen LogP contribution >= 0.6 is 0 Å². The van der Waals surface area contributed by atoms with Gasteiger partial charge in [0.2, 0.25) is 0 Å². The first-order valence-corrected chi connectivity index (χ1v) is 26.8. The van der Waals surface area contributed by atoms with Crippen molar-refractivity contribution in [3.8, 4) is 0 Å². The van der Waals surface area contributed by atoms with Gasteiger partial charge >= 0.3 is 17.9 Å². The summed E-state index contributed by atoms with van der Waals surface area (Å²) in [5.74, 6) is -0.986. The van der Waals surface area contributed by atoms with Gasteiger partial charge in [-0.2, -0.15) is 0 Å². The molecule has 0 saturated carbocycles. The van der Waals surface area contributed by atoms with E-state index in [2.05, 4.69) is 93.7 Å². The molecule has 0 aliphatic rings. The summed E-state index contributed by atoms with van der Waals surface area (Å²) < 4.78 is 16.8. The van der Waals surface area contributed by atoms with Crippen LogP contribution in [0, 0.1) is 0 Å². The molecule has 1 atom stereocenters. The molecule has 0 radical (unpaired) electrons. The lowest BCUT2D eigenvalue weighted by Crippen LogP contribution is -2.30. The largest absolute Gasteiger partial charge is 0.462 e. The number of hydrogen-bond acceptors (Lipinski definition) is 6. The highest BCUT2D eigenvalue weighted by atomic mass is 16.6. The molecule has 0 aromatic rings. The zero-order valence-corrected chi connectivity index (χ0v) is 42.9. The average molecular weight is 925 g/mol. The average Bonchev–Trinajstić information content (AvgIpc) is 3.33. The number of ether oxygens (including phenoxy) is 3. The predicted octanol–water partition coefficient (Wildman–Crippen LogP) is 17.9. The van der Waals surface area contributed by atoms with E-state index in [0.29, 0.717) is 19.3 Å². The number of esters is 3. The number of hydrogen-bond donors (Lipinski definition) is 0. The molecule has 0 fully saturated rings. The zero-order chi connectivity index (χ0) is 48.6. The van der Waals surface area contributed by atoms with Crippen LogP contribution in [0.25, 0.3) is 0 Å². The third kappa shape index (κ3) is 52.4. The molecule has 0 aliphatic carbocycles. The SMILES string of the molecule is CC/C=C/C=C/C=C/C=C/C=C/C=C/CCCCCC(=O)OC(COC(=O)CCCCCCC/C=C/C=C/C=C/CC)COC(=O)CCCCCCCCCCCC/C=C/C=C/CCCCC. The smallest absolute Gasteiger partial charge is 0.306 e. The third-order valence-corrected chi connectivity index (χ3v) is 10.9. The van der Waals surface area contributed by atoms with Gasteiger partial charge < -0.3 is 14.2 Å². The van der Waals surface area contributed by atoms with Gasteiger partial charge in [-0.25, -0.2) is 0 Å². The van der Waals surface area contributed by atoms with Gasteiger partial charge in [-0.1, -0.05) is 244 Å². The van der Waals surface area contributed by atoms with Crippen molar-refractivity contribution in [1.82, 2.24) is 0 Å². The molecule has 0 aliphatic heterocycles. The van der Waals surface area contributed by atoms with Crippen LogP contribution in [0.4, 0.5) is 0 Å². The summed E-state index contributed by atoms with van der Waals surface area (Å²) >= 11 is 0. The molecule has 6 heteroatoms. The van der Waals surface area contributed by atoms with Crippen LogP contribution in [0.15, 0.2) is 134 Å². The second-order valence-electron chi connectivity index (χ2n) is 17.3. The number of rotatable bonds is 46. The standard InChI is InChI=1S/C61H96O6/c1-4-7-10-13-16-19-22-25-27-29-30-32-33-36-39-42-45-48-51-54-60(63)66-57-58(56-65-59(62)53-50-47-44-41-38-35-24-21-18-15-12-9-6-3)67-61(64)55-52-49-46-43-40-37-34-31-28-26-23-20-17-14-11-8-5-2/h8-9,11-12,14-26,28,31,34,37,40,58H,4-7,10,13,27,29-30,32-33,35-36,38-39,41-57H2,1-3H3/b11-8+,12-9+,17-14+,18-15+,19-16+,23-20+,24-21+,25-22+,28-26+,34-31+,40-37+. The van der Waals surface area contributed by atoms with Crippen molar-refractivity contribution in [3.05, 3.63) is 134 Å². The summed E-state index contributed by atoms with van der Waals surface area (Å²) in [6.07, 6.45) is 75.7. The highest BCUT2D eigenvalue weighted by molar-refractivity contribution is 5.71. The summed E-state index contributed by atoms with van der Waals surface area (Å²) in [6.45, 7) is 6.26. The molecule has 0 spiro atoms. The number of carbonyl (C=O) groups is 3. The first-order valence-electron chi connectivity index (χ1n) is 26.8. The highest BCUT2D eigenvalue weighted by Gasteiger charge is 2.19. The summed E-state index contributed by atoms with van der Waals surface area (Å²) in [4.78, 5) is 38.1. The summed E-state index contributed by atoms with van der Waals surface area (Å²) in [7, 11) is 0. The van der Waals surface area contributed by atoms with E-state index in [1.807, 2.05) is 60.8 Å². The predicted molar refractivity (Wildman–Crippen MR) is 288 cm³/mol. The second kappa shape index (κ2) is 54.2. The van der Waals surface area contributed by atoms with Crippen LogP contribution in [0.2, 0.25) is 0 Å². The Morgan fingerprint density at radius 3 is 0.940 bits per heavy atom. The molecule has 0 N–H and O–H groups in total. The fraction of sp³-hybridized carbons (Fsp3) is 0.590. The molecule has 0 saturated heterocycles. The van der Waals surface area contributed by atoms with Crippen molar-refractivity contribution in [2.24, 2.45) is 0 Å². The number of unbranched alkanes of at least 4 members (excludes halogenated alkanes) is 21. The second-order valence-corrected chi connectivity index (χ2v) is 17.3. The van der Waals surface area contributed by atoms with E-state index in [0.717, 1.165) is 89.9 Å². The van der Waals surface area contributed by atoms with Crippen molar-refractivity contribution in [2.75, 3.05) is 13.2 Å². The molecule has 0 amide bonds. The van der Waals surface area contributed by atoms with Gasteiger partial charge in [0.1, 0.15) is 13.2 Å². The van der Waals surface area contributed by atoms with Crippen LogP contribution in [0.5, 0.6) is 0 Å². The highest BCUT2D eigenvalue weighted by Crippen LogP contribution is 2.14. The van der Waals surface area contributed by atoms with E-state index >= 15 is 0 Å². The molecular formula is C61H96O6. The maximum atomic E-state index is 12.8. The summed E-state index contributed by atoms with van der Waals surface area (Å²) in [5.41, 5.74) is 0. The molecule has 1 unspecified atom stereocenters. The van der Waals surface area contributed by atoms with Crippen molar-refractivity contribution in [3.63, 3.8) is 0 Å². The van der Waals surface area contributed by atoms with E-state index in [9.17, 15) is 14.4 Å². The quantitative estimate of drug-likeness (QED) is 0.0262. The first-order chi connectivity index (χ1) is 33.0. The Labute approximate surface area is 411 Å². The minimum Gasteiger partial charge on any atom is -0.462 e. The van der Waals surface area contributed by atoms with Gasteiger partial charge in [-0.05, 0) is 83.5 Å². The Balaban J connectivity index is 4.51. The van der Waals surface area contributed by atoms with E-state index in [1.54, 1.807) is 0 Å². The fourth-order valence-electron chi connectivity index (χ4n) is 6.88. The van der Waals surface area contributed by atoms with Gasteiger partial charge in [0.05, 0.1) is 0 Å². The zero-order valence-electron chi connectivity index (χ0n) is 42.9. The first kappa shape index (κ1) is 62.5. The van der Waals surface area contributed by atoms with Crippen molar-refractivity contribution < 1.29 is 28.6 Å². The Bertz CT molecular complexity index is 1480.